The predicted octanol–water partition coefficient (Wildman–Crippen LogP) is -2.37. The maximum Gasteiger partial charge on any atom is 1.00 e. The van der Waals surface area contributed by atoms with Crippen LogP contribution in [0.4, 0.5) is 0 Å². The normalized spacial score (nSPS) is 11.4. The van der Waals surface area contributed by atoms with Gasteiger partial charge in [-0.15, -0.1) is 0 Å². The molecule has 0 heterocycles. The van der Waals surface area contributed by atoms with Crippen molar-refractivity contribution >= 4 is 17.0 Å². The zero-order chi connectivity index (χ0) is 10.7. The number of hydrogen-bond acceptors (Lipinski definition) is 3. The fourth-order valence-electron chi connectivity index (χ4n) is 0.991. The van der Waals surface area contributed by atoms with E-state index in [0.717, 1.165) is 0 Å². The maximum atomic E-state index is 11.4. The van der Waals surface area contributed by atoms with Gasteiger partial charge >= 0.3 is 29.6 Å². The van der Waals surface area contributed by atoms with Gasteiger partial charge in [-0.3, -0.25) is 9.00 Å². The van der Waals surface area contributed by atoms with Gasteiger partial charge in [0.1, 0.15) is 0 Å². The van der Waals surface area contributed by atoms with Crippen molar-refractivity contribution in [3.8, 4) is 0 Å². The molecule has 1 amide bonds. The zero-order valence-corrected chi connectivity index (χ0v) is 11.7. The minimum absolute atomic E-state index is 0. The van der Waals surface area contributed by atoms with Crippen LogP contribution in [0.15, 0.2) is 29.2 Å². The first-order valence-electron chi connectivity index (χ1n) is 3.93. The Morgan fingerprint density at radius 1 is 1.40 bits per heavy atom. The van der Waals surface area contributed by atoms with Crippen LogP contribution in [0.1, 0.15) is 10.4 Å². The quantitative estimate of drug-likeness (QED) is 0.425. The maximum absolute atomic E-state index is 11.4. The molecule has 1 aromatic carbocycles. The number of carbonyl (C=O) groups excluding carboxylic acids is 1. The number of nitrogens with zero attached hydrogens (tertiary/aromatic N) is 1. The van der Waals surface area contributed by atoms with Crippen molar-refractivity contribution in [2.75, 3.05) is 14.1 Å². The minimum Gasteiger partial charge on any atom is -0.768 e. The van der Waals surface area contributed by atoms with E-state index in [4.69, 9.17) is 0 Å². The van der Waals surface area contributed by atoms with Gasteiger partial charge in [0.2, 0.25) is 0 Å². The molecule has 1 rings (SSSR count). The molecule has 76 valence electrons. The van der Waals surface area contributed by atoms with Crippen LogP contribution < -0.4 is 29.6 Å². The van der Waals surface area contributed by atoms with Crippen molar-refractivity contribution in [2.24, 2.45) is 0 Å². The third-order valence-electron chi connectivity index (χ3n) is 1.68. The van der Waals surface area contributed by atoms with Gasteiger partial charge in [-0.2, -0.15) is 0 Å². The van der Waals surface area contributed by atoms with Gasteiger partial charge < -0.3 is 9.45 Å². The molecular formula is C9H10NNaO3S. The van der Waals surface area contributed by atoms with Crippen molar-refractivity contribution in [3.63, 3.8) is 0 Å². The smallest absolute Gasteiger partial charge is 0.768 e. The molecule has 4 nitrogen and oxygen atoms in total. The van der Waals surface area contributed by atoms with Crippen LogP contribution in [-0.2, 0) is 11.1 Å². The molecule has 0 bridgehead atoms. The summed E-state index contributed by atoms with van der Waals surface area (Å²) in [5.41, 5.74) is 0.372. The van der Waals surface area contributed by atoms with Gasteiger partial charge in [0.15, 0.2) is 0 Å². The molecule has 0 aliphatic carbocycles. The van der Waals surface area contributed by atoms with Crippen LogP contribution in [-0.4, -0.2) is 33.7 Å². The summed E-state index contributed by atoms with van der Waals surface area (Å²) in [6, 6.07) is 5.92. The number of hydrogen-bond donors (Lipinski definition) is 0. The van der Waals surface area contributed by atoms with Crippen LogP contribution in [0.5, 0.6) is 0 Å². The molecule has 6 heteroatoms. The number of rotatable bonds is 2. The summed E-state index contributed by atoms with van der Waals surface area (Å²) in [7, 11) is 3.23. The Morgan fingerprint density at radius 3 is 2.47 bits per heavy atom. The van der Waals surface area contributed by atoms with Gasteiger partial charge in [0.25, 0.3) is 5.91 Å². The van der Waals surface area contributed by atoms with Gasteiger partial charge in [-0.05, 0) is 29.3 Å². The number of amides is 1. The van der Waals surface area contributed by atoms with E-state index in [9.17, 15) is 13.6 Å². The van der Waals surface area contributed by atoms with E-state index < -0.39 is 11.1 Å². The average Bonchev–Trinajstić information content (AvgIpc) is 2.16. The van der Waals surface area contributed by atoms with E-state index in [2.05, 4.69) is 0 Å². The fraction of sp³-hybridized carbons (Fsp3) is 0.222. The molecule has 0 saturated heterocycles. The van der Waals surface area contributed by atoms with Crippen molar-refractivity contribution in [1.29, 1.82) is 0 Å². The monoisotopic (exact) mass is 235 g/mol. The molecule has 0 aliphatic rings. The topological polar surface area (TPSA) is 60.4 Å². The fourth-order valence-corrected chi connectivity index (χ4v) is 1.40. The van der Waals surface area contributed by atoms with E-state index in [1.807, 2.05) is 0 Å². The van der Waals surface area contributed by atoms with Gasteiger partial charge in [0.05, 0.1) is 0 Å². The Labute approximate surface area is 113 Å². The standard InChI is InChI=1S/C9H11NO3S.Na/c1-10(2)9(11)7-4-3-5-8(6-7)14(12)13;/h3-6H,1-2H3,(H,12,13);/q;+1/p-1. The number of carbonyl (C=O) groups is 1. The van der Waals surface area contributed by atoms with E-state index in [-0.39, 0.29) is 40.4 Å². The summed E-state index contributed by atoms with van der Waals surface area (Å²) in [6.07, 6.45) is 0. The molecule has 0 radical (unpaired) electrons. The molecular weight excluding hydrogens is 225 g/mol. The molecule has 0 aromatic heterocycles. The second kappa shape index (κ2) is 6.40. The Bertz CT molecular complexity index is 381. The number of benzene rings is 1. The summed E-state index contributed by atoms with van der Waals surface area (Å²) >= 11 is -2.29. The molecule has 0 N–H and O–H groups in total. The van der Waals surface area contributed by atoms with Crippen LogP contribution >= 0.6 is 0 Å². The molecule has 15 heavy (non-hydrogen) atoms. The van der Waals surface area contributed by atoms with E-state index in [1.165, 1.54) is 17.0 Å². The summed E-state index contributed by atoms with van der Waals surface area (Å²) in [5.74, 6) is -0.211. The van der Waals surface area contributed by atoms with Crippen molar-refractivity contribution in [3.05, 3.63) is 29.8 Å². The SMILES string of the molecule is CN(C)C(=O)c1cccc(S(=O)[O-])c1.[Na+]. The largest absolute Gasteiger partial charge is 1.00 e. The third-order valence-corrected chi connectivity index (χ3v) is 2.32. The third kappa shape index (κ3) is 4.04. The summed E-state index contributed by atoms with van der Waals surface area (Å²) in [5, 5.41) is 0. The zero-order valence-electron chi connectivity index (χ0n) is 8.89. The molecule has 0 saturated carbocycles. The van der Waals surface area contributed by atoms with Crippen molar-refractivity contribution in [2.45, 2.75) is 4.90 Å². The van der Waals surface area contributed by atoms with E-state index in [0.29, 0.717) is 5.56 Å². The average molecular weight is 235 g/mol. The molecule has 0 spiro atoms. The Kier molecular flexibility index (Phi) is 6.31. The Balaban J connectivity index is 0.00000196. The first-order valence-corrected chi connectivity index (χ1v) is 5.01. The Morgan fingerprint density at radius 2 is 2.00 bits per heavy atom. The van der Waals surface area contributed by atoms with Crippen LogP contribution in [0.2, 0.25) is 0 Å². The van der Waals surface area contributed by atoms with E-state index in [1.54, 1.807) is 26.2 Å². The molecule has 1 unspecified atom stereocenters. The van der Waals surface area contributed by atoms with Gasteiger partial charge in [0, 0.05) is 24.6 Å². The first-order chi connectivity index (χ1) is 6.52. The minimum atomic E-state index is -2.29. The molecule has 1 atom stereocenters. The summed E-state index contributed by atoms with van der Waals surface area (Å²) in [6.45, 7) is 0. The molecule has 1 aromatic rings. The molecule has 0 aliphatic heterocycles. The Hall–Kier alpha value is -0.200. The van der Waals surface area contributed by atoms with Crippen molar-refractivity contribution in [1.82, 2.24) is 4.90 Å². The van der Waals surface area contributed by atoms with Crippen LogP contribution in [0.3, 0.4) is 0 Å². The van der Waals surface area contributed by atoms with Crippen LogP contribution in [0.25, 0.3) is 0 Å². The van der Waals surface area contributed by atoms with E-state index >= 15 is 0 Å². The summed E-state index contributed by atoms with van der Waals surface area (Å²) < 4.78 is 21.2. The molecule has 0 fully saturated rings. The summed E-state index contributed by atoms with van der Waals surface area (Å²) in [4.78, 5) is 13.0. The predicted molar refractivity (Wildman–Crippen MR) is 51.6 cm³/mol. The van der Waals surface area contributed by atoms with Crippen LogP contribution in [0, 0.1) is 0 Å². The van der Waals surface area contributed by atoms with Crippen molar-refractivity contribution < 1.29 is 43.1 Å². The second-order valence-electron chi connectivity index (χ2n) is 2.96. The second-order valence-corrected chi connectivity index (χ2v) is 3.90. The van der Waals surface area contributed by atoms with Gasteiger partial charge in [-0.25, -0.2) is 0 Å². The van der Waals surface area contributed by atoms with Gasteiger partial charge in [-0.1, -0.05) is 6.07 Å². The first kappa shape index (κ1) is 14.8.